The number of nitrogens with one attached hydrogen (secondary N) is 2. The van der Waals surface area contributed by atoms with E-state index in [4.69, 9.17) is 11.5 Å². The summed E-state index contributed by atoms with van der Waals surface area (Å²) < 4.78 is 0. The molecule has 0 radical (unpaired) electrons. The van der Waals surface area contributed by atoms with E-state index in [1.54, 1.807) is 0 Å². The second-order valence-electron chi connectivity index (χ2n) is 5.97. The van der Waals surface area contributed by atoms with Crippen LogP contribution >= 0.6 is 0 Å². The minimum Gasteiger partial charge on any atom is -0.330 e. The molecular weight excluding hydrogens is 260 g/mol. The predicted molar refractivity (Wildman–Crippen MR) is 94.6 cm³/mol. The van der Waals surface area contributed by atoms with Crippen molar-refractivity contribution in [3.05, 3.63) is 0 Å². The first-order chi connectivity index (χ1) is 10.4. The van der Waals surface area contributed by atoms with Crippen LogP contribution in [0.3, 0.4) is 0 Å². The zero-order valence-electron chi connectivity index (χ0n) is 14.2. The molecule has 0 atom stereocenters. The summed E-state index contributed by atoms with van der Waals surface area (Å²) in [6.07, 6.45) is 14.6. The summed E-state index contributed by atoms with van der Waals surface area (Å²) in [5, 5.41) is 6.87. The van der Waals surface area contributed by atoms with E-state index in [2.05, 4.69) is 10.6 Å². The highest BCUT2D eigenvalue weighted by atomic mass is 14.8. The first kappa shape index (κ1) is 20.8. The quantitative estimate of drug-likeness (QED) is 0.293. The van der Waals surface area contributed by atoms with Crippen molar-refractivity contribution in [3.63, 3.8) is 0 Å². The Morgan fingerprint density at radius 2 is 0.667 bits per heavy atom. The molecule has 0 aromatic carbocycles. The summed E-state index contributed by atoms with van der Waals surface area (Å²) in [5.41, 5.74) is 10.9. The van der Waals surface area contributed by atoms with Crippen molar-refractivity contribution in [2.45, 2.75) is 70.6 Å². The fraction of sp³-hybridized carbons (Fsp3) is 1.00. The minimum atomic E-state index is 0.802. The molecule has 0 bridgehead atoms. The van der Waals surface area contributed by atoms with E-state index in [1.165, 1.54) is 57.8 Å². The third-order valence-corrected chi connectivity index (χ3v) is 3.82. The first-order valence-corrected chi connectivity index (χ1v) is 9.23. The molecule has 0 aliphatic carbocycles. The third-order valence-electron chi connectivity index (χ3n) is 3.82. The van der Waals surface area contributed by atoms with Crippen LogP contribution in [0.1, 0.15) is 70.6 Å². The average Bonchev–Trinajstić information content (AvgIpc) is 2.50. The Bertz CT molecular complexity index is 158. The molecule has 128 valence electrons. The molecule has 6 N–H and O–H groups in total. The van der Waals surface area contributed by atoms with Gasteiger partial charge in [0.1, 0.15) is 0 Å². The summed E-state index contributed by atoms with van der Waals surface area (Å²) >= 11 is 0. The van der Waals surface area contributed by atoms with Gasteiger partial charge in [-0.3, -0.25) is 0 Å². The Morgan fingerprint density at radius 1 is 0.381 bits per heavy atom. The highest BCUT2D eigenvalue weighted by molar-refractivity contribution is 4.52. The average molecular weight is 301 g/mol. The van der Waals surface area contributed by atoms with Gasteiger partial charge < -0.3 is 22.1 Å². The van der Waals surface area contributed by atoms with Crippen molar-refractivity contribution in [3.8, 4) is 0 Å². The second-order valence-corrected chi connectivity index (χ2v) is 5.97. The van der Waals surface area contributed by atoms with E-state index in [9.17, 15) is 0 Å². The lowest BCUT2D eigenvalue weighted by Crippen LogP contribution is -2.19. The summed E-state index contributed by atoms with van der Waals surface area (Å²) in [7, 11) is 0. The van der Waals surface area contributed by atoms with Crippen LogP contribution in [0.15, 0.2) is 0 Å². The lowest BCUT2D eigenvalue weighted by molar-refractivity contribution is 0.534. The maximum absolute atomic E-state index is 5.45. The monoisotopic (exact) mass is 300 g/mol. The molecule has 0 aliphatic rings. The van der Waals surface area contributed by atoms with E-state index >= 15 is 0 Å². The Morgan fingerprint density at radius 3 is 1.00 bits per heavy atom. The van der Waals surface area contributed by atoms with Crippen molar-refractivity contribution in [1.29, 1.82) is 0 Å². The highest BCUT2D eigenvalue weighted by Gasteiger charge is 1.93. The van der Waals surface area contributed by atoms with Gasteiger partial charge in [-0.2, -0.15) is 0 Å². The SMILES string of the molecule is NCCCNCCCCCCCCCCCNCCCN. The molecule has 21 heavy (non-hydrogen) atoms. The fourth-order valence-electron chi connectivity index (χ4n) is 2.44. The maximum atomic E-state index is 5.45. The van der Waals surface area contributed by atoms with Crippen LogP contribution < -0.4 is 22.1 Å². The minimum absolute atomic E-state index is 0.802. The molecule has 0 fully saturated rings. The van der Waals surface area contributed by atoms with Gasteiger partial charge in [0.25, 0.3) is 0 Å². The molecule has 0 rings (SSSR count). The van der Waals surface area contributed by atoms with Crippen LogP contribution in [0, 0.1) is 0 Å². The van der Waals surface area contributed by atoms with Gasteiger partial charge in [-0.1, -0.05) is 44.9 Å². The normalized spacial score (nSPS) is 11.1. The molecule has 4 heteroatoms. The van der Waals surface area contributed by atoms with Gasteiger partial charge in [0, 0.05) is 0 Å². The second kappa shape index (κ2) is 19.8. The lowest BCUT2D eigenvalue weighted by atomic mass is 10.1. The number of rotatable bonds is 18. The molecule has 0 spiro atoms. The summed E-state index contributed by atoms with van der Waals surface area (Å²) in [6, 6.07) is 0. The van der Waals surface area contributed by atoms with Crippen LogP contribution in [0.2, 0.25) is 0 Å². The Labute approximate surface area is 132 Å². The van der Waals surface area contributed by atoms with Crippen LogP contribution in [0.25, 0.3) is 0 Å². The first-order valence-electron chi connectivity index (χ1n) is 9.23. The van der Waals surface area contributed by atoms with E-state index in [0.717, 1.165) is 52.1 Å². The molecule has 0 unspecified atom stereocenters. The van der Waals surface area contributed by atoms with Crippen LogP contribution in [-0.4, -0.2) is 39.3 Å². The molecule has 4 nitrogen and oxygen atoms in total. The van der Waals surface area contributed by atoms with Crippen molar-refractivity contribution in [2.75, 3.05) is 39.3 Å². The zero-order valence-corrected chi connectivity index (χ0v) is 14.2. The summed E-state index contributed by atoms with van der Waals surface area (Å²) in [6.45, 7) is 6.09. The maximum Gasteiger partial charge on any atom is -0.00369 e. The number of unbranched alkanes of at least 4 members (excludes halogenated alkanes) is 8. The molecule has 0 heterocycles. The Hall–Kier alpha value is -0.160. The van der Waals surface area contributed by atoms with Gasteiger partial charge in [0.2, 0.25) is 0 Å². The fourth-order valence-corrected chi connectivity index (χ4v) is 2.44. The van der Waals surface area contributed by atoms with Crippen LogP contribution in [0.5, 0.6) is 0 Å². The van der Waals surface area contributed by atoms with E-state index < -0.39 is 0 Å². The lowest BCUT2D eigenvalue weighted by Gasteiger charge is -2.05. The Balaban J connectivity index is 2.90. The van der Waals surface area contributed by atoms with Gasteiger partial charge in [-0.05, 0) is 65.0 Å². The molecule has 0 aliphatic heterocycles. The van der Waals surface area contributed by atoms with Gasteiger partial charge in [-0.25, -0.2) is 0 Å². The molecular formula is C17H40N4. The molecule has 0 aromatic rings. The van der Waals surface area contributed by atoms with Crippen molar-refractivity contribution >= 4 is 0 Å². The Kier molecular flexibility index (Phi) is 19.7. The van der Waals surface area contributed by atoms with Crippen LogP contribution in [-0.2, 0) is 0 Å². The van der Waals surface area contributed by atoms with Crippen LogP contribution in [0.4, 0.5) is 0 Å². The predicted octanol–water partition coefficient (Wildman–Crippen LogP) is 2.37. The summed E-state index contributed by atoms with van der Waals surface area (Å²) in [4.78, 5) is 0. The van der Waals surface area contributed by atoms with E-state index in [1.807, 2.05) is 0 Å². The van der Waals surface area contributed by atoms with Crippen molar-refractivity contribution in [2.24, 2.45) is 11.5 Å². The van der Waals surface area contributed by atoms with Gasteiger partial charge in [0.15, 0.2) is 0 Å². The standard InChI is InChI=1S/C17H40N4/c18-12-10-16-20-14-8-6-4-2-1-3-5-7-9-15-21-17-11-13-19/h20-21H,1-19H2. The third kappa shape index (κ3) is 19.8. The molecule has 0 aromatic heterocycles. The van der Waals surface area contributed by atoms with Gasteiger partial charge in [-0.15, -0.1) is 0 Å². The largest absolute Gasteiger partial charge is 0.330 e. The van der Waals surface area contributed by atoms with Gasteiger partial charge >= 0.3 is 0 Å². The van der Waals surface area contributed by atoms with Gasteiger partial charge in [0.05, 0.1) is 0 Å². The number of hydrogen-bond donors (Lipinski definition) is 4. The molecule has 0 amide bonds. The zero-order chi connectivity index (χ0) is 15.4. The smallest absolute Gasteiger partial charge is 0.00369 e. The molecule has 0 saturated carbocycles. The highest BCUT2D eigenvalue weighted by Crippen LogP contribution is 2.09. The molecule has 0 saturated heterocycles. The van der Waals surface area contributed by atoms with Crippen molar-refractivity contribution in [1.82, 2.24) is 10.6 Å². The van der Waals surface area contributed by atoms with E-state index in [0.29, 0.717) is 0 Å². The number of nitrogens with two attached hydrogens (primary N) is 2. The summed E-state index contributed by atoms with van der Waals surface area (Å²) in [5.74, 6) is 0. The number of hydrogen-bond acceptors (Lipinski definition) is 4. The topological polar surface area (TPSA) is 76.1 Å². The van der Waals surface area contributed by atoms with E-state index in [-0.39, 0.29) is 0 Å². The van der Waals surface area contributed by atoms with Crippen molar-refractivity contribution < 1.29 is 0 Å².